The standard InChI is InChI=1S/C11H17NOS/c1-9(2)11-7-12(8-14-11)6-10-4-3-5-13-10/h7,10H,1,3-6,8H2,2H3. The van der Waals surface area contributed by atoms with Crippen molar-refractivity contribution in [2.45, 2.75) is 25.9 Å². The van der Waals surface area contributed by atoms with Gasteiger partial charge in [-0.3, -0.25) is 0 Å². The third-order valence-corrected chi connectivity index (χ3v) is 3.79. The lowest BCUT2D eigenvalue weighted by atomic mass is 10.2. The molecule has 1 fully saturated rings. The maximum Gasteiger partial charge on any atom is 0.0750 e. The first-order chi connectivity index (χ1) is 6.75. The lowest BCUT2D eigenvalue weighted by Gasteiger charge is -2.18. The van der Waals surface area contributed by atoms with Gasteiger partial charge in [0.2, 0.25) is 0 Å². The molecular formula is C11H17NOS. The third kappa shape index (κ3) is 2.34. The second kappa shape index (κ2) is 4.41. The number of ether oxygens (including phenoxy) is 1. The molecule has 3 heteroatoms. The van der Waals surface area contributed by atoms with Crippen LogP contribution in [0.2, 0.25) is 0 Å². The molecule has 0 aromatic rings. The first-order valence-electron chi connectivity index (χ1n) is 5.12. The summed E-state index contributed by atoms with van der Waals surface area (Å²) in [6, 6.07) is 0. The number of thioether (sulfide) groups is 1. The molecule has 0 radical (unpaired) electrons. The van der Waals surface area contributed by atoms with E-state index in [1.807, 2.05) is 11.8 Å². The maximum atomic E-state index is 5.61. The first-order valence-corrected chi connectivity index (χ1v) is 6.10. The average Bonchev–Trinajstić information content (AvgIpc) is 2.75. The quantitative estimate of drug-likeness (QED) is 0.712. The zero-order valence-electron chi connectivity index (χ0n) is 8.66. The highest BCUT2D eigenvalue weighted by molar-refractivity contribution is 8.03. The Balaban J connectivity index is 1.85. The Bertz CT molecular complexity index is 256. The van der Waals surface area contributed by atoms with Crippen molar-refractivity contribution >= 4 is 11.8 Å². The Labute approximate surface area is 90.0 Å². The third-order valence-electron chi connectivity index (χ3n) is 2.57. The van der Waals surface area contributed by atoms with E-state index in [0.29, 0.717) is 6.10 Å². The normalized spacial score (nSPS) is 26.8. The fraction of sp³-hybridized carbons (Fsp3) is 0.636. The Morgan fingerprint density at radius 2 is 2.64 bits per heavy atom. The van der Waals surface area contributed by atoms with E-state index in [4.69, 9.17) is 4.74 Å². The van der Waals surface area contributed by atoms with Crippen LogP contribution in [0.5, 0.6) is 0 Å². The molecule has 1 saturated heterocycles. The fourth-order valence-corrected chi connectivity index (χ4v) is 2.74. The highest BCUT2D eigenvalue weighted by atomic mass is 32.2. The van der Waals surface area contributed by atoms with Crippen LogP contribution in [0.3, 0.4) is 0 Å². The van der Waals surface area contributed by atoms with Crippen LogP contribution >= 0.6 is 11.8 Å². The van der Waals surface area contributed by atoms with Crippen LogP contribution in [0, 0.1) is 0 Å². The largest absolute Gasteiger partial charge is 0.376 e. The van der Waals surface area contributed by atoms with E-state index < -0.39 is 0 Å². The highest BCUT2D eigenvalue weighted by Crippen LogP contribution is 2.31. The van der Waals surface area contributed by atoms with Crippen molar-refractivity contribution in [1.82, 2.24) is 4.90 Å². The summed E-state index contributed by atoms with van der Waals surface area (Å²) in [5.74, 6) is 1.06. The van der Waals surface area contributed by atoms with Gasteiger partial charge in [-0.15, -0.1) is 11.8 Å². The summed E-state index contributed by atoms with van der Waals surface area (Å²) in [6.45, 7) is 8.01. The highest BCUT2D eigenvalue weighted by Gasteiger charge is 2.21. The summed E-state index contributed by atoms with van der Waals surface area (Å²) >= 11 is 1.87. The summed E-state index contributed by atoms with van der Waals surface area (Å²) in [4.78, 5) is 3.66. The van der Waals surface area contributed by atoms with Crippen LogP contribution < -0.4 is 0 Å². The second-order valence-corrected chi connectivity index (χ2v) is 4.94. The van der Waals surface area contributed by atoms with E-state index in [-0.39, 0.29) is 0 Å². The van der Waals surface area contributed by atoms with E-state index in [1.54, 1.807) is 0 Å². The first kappa shape index (κ1) is 10.1. The van der Waals surface area contributed by atoms with Crippen LogP contribution in [-0.4, -0.2) is 30.0 Å². The van der Waals surface area contributed by atoms with Gasteiger partial charge in [0, 0.05) is 24.3 Å². The van der Waals surface area contributed by atoms with Crippen molar-refractivity contribution in [3.63, 3.8) is 0 Å². The van der Waals surface area contributed by atoms with Crippen LogP contribution in [0.25, 0.3) is 0 Å². The number of rotatable bonds is 3. The molecule has 0 N–H and O–H groups in total. The topological polar surface area (TPSA) is 12.5 Å². The molecule has 0 aromatic carbocycles. The molecule has 1 unspecified atom stereocenters. The summed E-state index contributed by atoms with van der Waals surface area (Å²) in [5.41, 5.74) is 1.17. The molecule has 2 rings (SSSR count). The second-order valence-electron chi connectivity index (χ2n) is 3.95. The number of nitrogens with zero attached hydrogens (tertiary/aromatic N) is 1. The predicted molar refractivity (Wildman–Crippen MR) is 61.0 cm³/mol. The minimum atomic E-state index is 0.455. The van der Waals surface area contributed by atoms with E-state index >= 15 is 0 Å². The average molecular weight is 211 g/mol. The van der Waals surface area contributed by atoms with E-state index in [1.165, 1.54) is 23.3 Å². The monoisotopic (exact) mass is 211 g/mol. The Morgan fingerprint density at radius 1 is 1.79 bits per heavy atom. The van der Waals surface area contributed by atoms with E-state index in [0.717, 1.165) is 19.0 Å². The molecule has 2 nitrogen and oxygen atoms in total. The van der Waals surface area contributed by atoms with Gasteiger partial charge in [-0.25, -0.2) is 0 Å². The van der Waals surface area contributed by atoms with Crippen molar-refractivity contribution in [3.05, 3.63) is 23.3 Å². The number of hydrogen-bond donors (Lipinski definition) is 0. The molecule has 0 aliphatic carbocycles. The molecule has 0 saturated carbocycles. The molecule has 2 heterocycles. The molecule has 78 valence electrons. The van der Waals surface area contributed by atoms with Crippen molar-refractivity contribution in [1.29, 1.82) is 0 Å². The number of allylic oxidation sites excluding steroid dienone is 1. The lowest BCUT2D eigenvalue weighted by Crippen LogP contribution is -2.25. The van der Waals surface area contributed by atoms with Gasteiger partial charge in [0.05, 0.1) is 12.0 Å². The van der Waals surface area contributed by atoms with Crippen LogP contribution in [0.1, 0.15) is 19.8 Å². The van der Waals surface area contributed by atoms with Gasteiger partial charge in [0.15, 0.2) is 0 Å². The predicted octanol–water partition coefficient (Wildman–Crippen LogP) is 2.59. The van der Waals surface area contributed by atoms with E-state index in [2.05, 4.69) is 24.6 Å². The van der Waals surface area contributed by atoms with Gasteiger partial charge >= 0.3 is 0 Å². The summed E-state index contributed by atoms with van der Waals surface area (Å²) in [5, 5.41) is 0. The number of hydrogen-bond acceptors (Lipinski definition) is 3. The minimum Gasteiger partial charge on any atom is -0.376 e. The minimum absolute atomic E-state index is 0.455. The van der Waals surface area contributed by atoms with E-state index in [9.17, 15) is 0 Å². The van der Waals surface area contributed by atoms with Crippen LogP contribution in [0.4, 0.5) is 0 Å². The van der Waals surface area contributed by atoms with Gasteiger partial charge in [-0.1, -0.05) is 6.58 Å². The Kier molecular flexibility index (Phi) is 3.19. The van der Waals surface area contributed by atoms with Crippen molar-refractivity contribution in [3.8, 4) is 0 Å². The molecule has 0 spiro atoms. The van der Waals surface area contributed by atoms with Crippen LogP contribution in [-0.2, 0) is 4.74 Å². The fourth-order valence-electron chi connectivity index (χ4n) is 1.78. The van der Waals surface area contributed by atoms with Gasteiger partial charge in [-0.2, -0.15) is 0 Å². The molecule has 2 aliphatic rings. The lowest BCUT2D eigenvalue weighted by molar-refractivity contribution is 0.0913. The molecule has 0 bridgehead atoms. The molecular weight excluding hydrogens is 194 g/mol. The summed E-state index contributed by atoms with van der Waals surface area (Å²) < 4.78 is 5.61. The molecule has 14 heavy (non-hydrogen) atoms. The zero-order chi connectivity index (χ0) is 9.97. The molecule has 0 aromatic heterocycles. The van der Waals surface area contributed by atoms with Crippen molar-refractivity contribution in [2.24, 2.45) is 0 Å². The molecule has 0 amide bonds. The Morgan fingerprint density at radius 3 is 3.21 bits per heavy atom. The smallest absolute Gasteiger partial charge is 0.0750 e. The van der Waals surface area contributed by atoms with Crippen molar-refractivity contribution in [2.75, 3.05) is 19.0 Å². The van der Waals surface area contributed by atoms with Gasteiger partial charge < -0.3 is 9.64 Å². The molecule has 1 atom stereocenters. The summed E-state index contributed by atoms with van der Waals surface area (Å²) in [6.07, 6.45) is 5.12. The van der Waals surface area contributed by atoms with Crippen molar-refractivity contribution < 1.29 is 4.74 Å². The Hall–Kier alpha value is -0.410. The van der Waals surface area contributed by atoms with Gasteiger partial charge in [0.25, 0.3) is 0 Å². The SMILES string of the molecule is C=C(C)C1=CN(CC2CCCO2)CS1. The van der Waals surface area contributed by atoms with Gasteiger partial charge in [0.1, 0.15) is 0 Å². The zero-order valence-corrected chi connectivity index (χ0v) is 9.48. The maximum absolute atomic E-state index is 5.61. The van der Waals surface area contributed by atoms with Gasteiger partial charge in [-0.05, 0) is 25.3 Å². The molecule has 2 aliphatic heterocycles. The van der Waals surface area contributed by atoms with Crippen LogP contribution in [0.15, 0.2) is 23.3 Å². The summed E-state index contributed by atoms with van der Waals surface area (Å²) in [7, 11) is 0.